The molecule has 1 unspecified atom stereocenters. The number of aromatic nitrogens is 2. The van der Waals surface area contributed by atoms with Crippen molar-refractivity contribution in [2.45, 2.75) is 123 Å². The molecular weight excluding hydrogens is 915 g/mol. The van der Waals surface area contributed by atoms with Gasteiger partial charge in [-0.15, -0.1) is 0 Å². The number of carboxylic acids is 1. The quantitative estimate of drug-likeness (QED) is 0.0347. The van der Waals surface area contributed by atoms with E-state index in [1.165, 1.54) is 6.20 Å². The molecule has 3 amide bonds. The molecule has 71 heavy (non-hydrogen) atoms. The first-order chi connectivity index (χ1) is 33.9. The number of hydrogen-bond donors (Lipinski definition) is 4. The fourth-order valence-electron chi connectivity index (χ4n) is 6.42. The van der Waals surface area contributed by atoms with Crippen LogP contribution in [0.25, 0.3) is 0 Å². The van der Waals surface area contributed by atoms with E-state index in [9.17, 15) is 29.1 Å². The largest absolute Gasteiger partial charge is 0.487 e. The lowest BCUT2D eigenvalue weighted by atomic mass is 10.1. The molecule has 3 heterocycles. The van der Waals surface area contributed by atoms with Crippen molar-refractivity contribution in [2.75, 3.05) is 6.61 Å². The molecule has 0 aliphatic carbocycles. The lowest BCUT2D eigenvalue weighted by molar-refractivity contribution is -0.186. The van der Waals surface area contributed by atoms with Crippen LogP contribution >= 0.6 is 0 Å². The van der Waals surface area contributed by atoms with E-state index in [2.05, 4.69) is 26.1 Å². The number of amides is 3. The summed E-state index contributed by atoms with van der Waals surface area (Å²) in [6.07, 6.45) is 3.91. The fourth-order valence-corrected chi connectivity index (χ4v) is 6.42. The van der Waals surface area contributed by atoms with E-state index in [1.54, 1.807) is 96.3 Å². The Morgan fingerprint density at radius 1 is 0.634 bits per heavy atom. The topological polar surface area (TPSA) is 232 Å². The van der Waals surface area contributed by atoms with Crippen LogP contribution in [0.2, 0.25) is 0 Å². The van der Waals surface area contributed by atoms with Crippen molar-refractivity contribution in [2.24, 2.45) is 0 Å². The van der Waals surface area contributed by atoms with Crippen molar-refractivity contribution in [1.82, 2.24) is 26.1 Å². The van der Waals surface area contributed by atoms with Crippen LogP contribution in [-0.2, 0) is 66.0 Å². The Kier molecular flexibility index (Phi) is 20.7. The number of alkyl carbamates (subject to hydrolysis) is 2. The van der Waals surface area contributed by atoms with Crippen LogP contribution in [0.3, 0.4) is 0 Å². The zero-order valence-corrected chi connectivity index (χ0v) is 40.9. The normalized spacial score (nSPS) is 14.2. The Hall–Kier alpha value is -7.57. The summed E-state index contributed by atoms with van der Waals surface area (Å²) in [6.45, 7) is 11.7. The predicted molar refractivity (Wildman–Crippen MR) is 260 cm³/mol. The average molecular weight is 978 g/mol. The standard InChI is InChI=1S/C33H39N3O8.C20H24N2O5/c1-33(2,3)43-32(39)35-28(19-26-16-17-27(20-34-26)41-21-23-9-5-4-6-10-23)31(38)42-22-24-12-14-25(15-13-24)30(37)36-44-29-11-7-8-18-40-29;1-20(2,3)27-19(25)22-17(18(23)24)11-15-9-10-16(12-21-15)26-13-14-7-5-4-6-8-14/h4-6,9-10,12-17,20,28-29H,7-8,11,18-19,21-22H2,1-3H3,(H,35,39)(H,36,37);4-10,12,17H,11,13H2,1-3H3,(H,22,25)(H,23,24)/t28?,29-;17-/m11/s1. The summed E-state index contributed by atoms with van der Waals surface area (Å²) in [4.78, 5) is 75.2. The first kappa shape index (κ1) is 54.4. The number of carboxylic acid groups (broad SMARTS) is 1. The number of nitrogens with one attached hydrogen (secondary N) is 3. The van der Waals surface area contributed by atoms with Crippen molar-refractivity contribution in [3.63, 3.8) is 0 Å². The van der Waals surface area contributed by atoms with Crippen LogP contribution in [0, 0.1) is 0 Å². The highest BCUT2D eigenvalue weighted by atomic mass is 16.8. The third-order valence-electron chi connectivity index (χ3n) is 9.90. The molecule has 1 saturated heterocycles. The van der Waals surface area contributed by atoms with Crippen molar-refractivity contribution < 1.29 is 62.3 Å². The van der Waals surface area contributed by atoms with Gasteiger partial charge < -0.3 is 44.2 Å². The maximum absolute atomic E-state index is 13.1. The molecular formula is C53H63N5O13. The summed E-state index contributed by atoms with van der Waals surface area (Å²) in [6, 6.07) is 30.7. The highest BCUT2D eigenvalue weighted by molar-refractivity contribution is 5.93. The molecule has 0 saturated carbocycles. The molecule has 2 aromatic heterocycles. The van der Waals surface area contributed by atoms with Crippen molar-refractivity contribution >= 4 is 30.0 Å². The van der Waals surface area contributed by atoms with Crippen LogP contribution in [0.15, 0.2) is 122 Å². The van der Waals surface area contributed by atoms with Crippen LogP contribution < -0.4 is 25.6 Å². The first-order valence-corrected chi connectivity index (χ1v) is 23.2. The Balaban J connectivity index is 0.000000297. The van der Waals surface area contributed by atoms with E-state index in [4.69, 9.17) is 33.3 Å². The number of hydroxylamine groups is 1. The molecule has 5 aromatic rings. The Morgan fingerprint density at radius 3 is 1.58 bits per heavy atom. The van der Waals surface area contributed by atoms with Gasteiger partial charge in [-0.2, -0.15) is 0 Å². The van der Waals surface area contributed by atoms with Crippen LogP contribution in [0.4, 0.5) is 9.59 Å². The lowest BCUT2D eigenvalue weighted by Gasteiger charge is -2.23. The molecule has 0 bridgehead atoms. The number of hydrogen-bond acceptors (Lipinski definition) is 14. The number of carbonyl (C=O) groups excluding carboxylic acids is 4. The summed E-state index contributed by atoms with van der Waals surface area (Å²) in [7, 11) is 0. The van der Waals surface area contributed by atoms with E-state index in [0.29, 0.717) is 53.8 Å². The van der Waals surface area contributed by atoms with Crippen LogP contribution in [0.5, 0.6) is 11.5 Å². The van der Waals surface area contributed by atoms with Gasteiger partial charge in [0.05, 0.1) is 12.4 Å². The molecule has 18 heteroatoms. The highest BCUT2D eigenvalue weighted by Crippen LogP contribution is 2.18. The average Bonchev–Trinajstić information content (AvgIpc) is 3.34. The van der Waals surface area contributed by atoms with Gasteiger partial charge in [0, 0.05) is 42.8 Å². The van der Waals surface area contributed by atoms with Crippen molar-refractivity contribution in [3.8, 4) is 11.5 Å². The molecule has 4 N–H and O–H groups in total. The van der Waals surface area contributed by atoms with Gasteiger partial charge >= 0.3 is 24.1 Å². The second kappa shape index (κ2) is 27.0. The molecule has 18 nitrogen and oxygen atoms in total. The van der Waals surface area contributed by atoms with Gasteiger partial charge in [-0.1, -0.05) is 72.8 Å². The number of nitrogens with zero attached hydrogens (tertiary/aromatic N) is 2. The molecule has 1 aliphatic rings. The summed E-state index contributed by atoms with van der Waals surface area (Å²) < 4.78 is 32.9. The number of esters is 1. The number of ether oxygens (including phenoxy) is 6. The molecule has 3 aromatic carbocycles. The number of benzene rings is 3. The highest BCUT2D eigenvalue weighted by Gasteiger charge is 2.28. The zero-order chi connectivity index (χ0) is 51.2. The lowest BCUT2D eigenvalue weighted by Crippen LogP contribution is -2.45. The van der Waals surface area contributed by atoms with Gasteiger partial charge in [0.2, 0.25) is 0 Å². The molecule has 1 aliphatic heterocycles. The monoisotopic (exact) mass is 977 g/mol. The Labute approximate surface area is 413 Å². The maximum Gasteiger partial charge on any atom is 0.408 e. The Bertz CT molecular complexity index is 2440. The minimum atomic E-state index is -1.16. The minimum absolute atomic E-state index is 0.0353. The fraction of sp³-hybridized carbons (Fsp3) is 0.377. The maximum atomic E-state index is 13.1. The van der Waals surface area contributed by atoms with E-state index >= 15 is 0 Å². The number of pyridine rings is 2. The van der Waals surface area contributed by atoms with Gasteiger partial charge in [-0.25, -0.2) is 29.5 Å². The molecule has 3 atom stereocenters. The predicted octanol–water partition coefficient (Wildman–Crippen LogP) is 8.21. The van der Waals surface area contributed by atoms with Gasteiger partial charge in [-0.3, -0.25) is 14.8 Å². The number of carbonyl (C=O) groups is 5. The van der Waals surface area contributed by atoms with E-state index in [-0.39, 0.29) is 19.4 Å². The zero-order valence-electron chi connectivity index (χ0n) is 40.9. The summed E-state index contributed by atoms with van der Waals surface area (Å²) in [5, 5.41) is 14.3. The second-order valence-electron chi connectivity index (χ2n) is 18.3. The van der Waals surface area contributed by atoms with Gasteiger partial charge in [0.25, 0.3) is 5.91 Å². The number of rotatable bonds is 19. The van der Waals surface area contributed by atoms with Gasteiger partial charge in [0.1, 0.15) is 54.6 Å². The molecule has 6 rings (SSSR count). The van der Waals surface area contributed by atoms with Crippen molar-refractivity contribution in [1.29, 1.82) is 0 Å². The minimum Gasteiger partial charge on any atom is -0.487 e. The molecule has 1 fully saturated rings. The summed E-state index contributed by atoms with van der Waals surface area (Å²) in [5.41, 5.74) is 5.11. The van der Waals surface area contributed by atoms with Crippen molar-refractivity contribution in [3.05, 3.63) is 155 Å². The van der Waals surface area contributed by atoms with E-state index in [1.807, 2.05) is 60.7 Å². The van der Waals surface area contributed by atoms with E-state index < -0.39 is 59.6 Å². The third-order valence-corrected chi connectivity index (χ3v) is 9.90. The van der Waals surface area contributed by atoms with Crippen LogP contribution in [0.1, 0.15) is 99.2 Å². The summed E-state index contributed by atoms with van der Waals surface area (Å²) >= 11 is 0. The van der Waals surface area contributed by atoms with Gasteiger partial charge in [-0.05, 0) is 107 Å². The van der Waals surface area contributed by atoms with E-state index in [0.717, 1.165) is 30.4 Å². The first-order valence-electron chi connectivity index (χ1n) is 23.2. The molecule has 0 spiro atoms. The number of aliphatic carboxylic acids is 1. The summed E-state index contributed by atoms with van der Waals surface area (Å²) in [5.74, 6) is -1.08. The van der Waals surface area contributed by atoms with Gasteiger partial charge in [0.15, 0.2) is 6.29 Å². The Morgan fingerprint density at radius 2 is 1.13 bits per heavy atom. The smallest absolute Gasteiger partial charge is 0.408 e. The molecule has 0 radical (unpaired) electrons. The third kappa shape index (κ3) is 20.9. The molecule has 378 valence electrons. The second-order valence-corrected chi connectivity index (χ2v) is 18.3. The van der Waals surface area contributed by atoms with Crippen LogP contribution in [-0.4, -0.2) is 81.3 Å². The SMILES string of the molecule is CC(C)(C)OC(=O)NC(Cc1ccc(OCc2ccccc2)cn1)C(=O)OCc1ccc(C(=O)NO[C@@H]2CCCCO2)cc1.CC(C)(C)OC(=O)N[C@H](Cc1ccc(OCc2ccccc2)cn1)C(=O)O.